The van der Waals surface area contributed by atoms with E-state index in [1.807, 2.05) is 22.9 Å². The lowest BCUT2D eigenvalue weighted by molar-refractivity contribution is -0.143. The van der Waals surface area contributed by atoms with E-state index in [0.717, 1.165) is 51.1 Å². The summed E-state index contributed by atoms with van der Waals surface area (Å²) < 4.78 is 10.7. The van der Waals surface area contributed by atoms with Crippen molar-refractivity contribution in [2.75, 3.05) is 39.9 Å². The number of rotatable bonds is 36. The van der Waals surface area contributed by atoms with Gasteiger partial charge in [0.1, 0.15) is 13.2 Å². The van der Waals surface area contributed by atoms with Gasteiger partial charge in [0.05, 0.1) is 5.88 Å². The summed E-state index contributed by atoms with van der Waals surface area (Å²) >= 11 is 0. The lowest BCUT2D eigenvalue weighted by atomic mass is 10.0. The van der Waals surface area contributed by atoms with Crippen LogP contribution in [0.5, 0.6) is 0 Å². The first kappa shape index (κ1) is 46.0. The molecule has 0 radical (unpaired) electrons. The molecule has 6 nitrogen and oxygen atoms in total. The van der Waals surface area contributed by atoms with Gasteiger partial charge in [-0.3, -0.25) is 19.8 Å². The second-order valence-electron chi connectivity index (χ2n) is 13.1. The molecule has 0 saturated carbocycles. The molecule has 0 aromatic heterocycles. The van der Waals surface area contributed by atoms with E-state index in [1.54, 1.807) is 0 Å². The fraction of sp³-hybridized carbons (Fsp3) is 0.846. The molecule has 47 heavy (non-hydrogen) atoms. The number of nitrogens with one attached hydrogen (secondary N) is 1. The number of esters is 2. The minimum Gasteiger partial charge on any atom is -0.461 e. The van der Waals surface area contributed by atoms with Crippen molar-refractivity contribution in [3.05, 3.63) is 24.3 Å². The van der Waals surface area contributed by atoms with E-state index in [0.29, 0.717) is 31.3 Å². The van der Waals surface area contributed by atoms with Crippen LogP contribution in [0.1, 0.15) is 168 Å². The summed E-state index contributed by atoms with van der Waals surface area (Å²) in [5, 5.41) is 4.17. The third-order valence-corrected chi connectivity index (χ3v) is 10.9. The summed E-state index contributed by atoms with van der Waals surface area (Å²) in [6.45, 7) is 6.20. The van der Waals surface area contributed by atoms with Gasteiger partial charge < -0.3 is 9.47 Å². The van der Waals surface area contributed by atoms with Gasteiger partial charge in [-0.1, -0.05) is 150 Å². The molecule has 0 unspecified atom stereocenters. The first-order valence-electron chi connectivity index (χ1n) is 19.2. The molecule has 0 bridgehead atoms. The number of hydrogen-bond acceptors (Lipinski definition) is 8. The third-order valence-electron chi connectivity index (χ3n) is 8.07. The Morgan fingerprint density at radius 3 is 1.53 bits per heavy atom. The fourth-order valence-corrected chi connectivity index (χ4v) is 7.77. The molecule has 0 aromatic carbocycles. The van der Waals surface area contributed by atoms with Gasteiger partial charge in [0.25, 0.3) is 0 Å². The largest absolute Gasteiger partial charge is 0.461 e. The minimum absolute atomic E-state index is 0.0619. The number of hydrogen-bond donors (Lipinski definition) is 1. The quantitative estimate of drug-likeness (QED) is 0.0228. The third kappa shape index (κ3) is 37.7. The van der Waals surface area contributed by atoms with Crippen LogP contribution in [0.2, 0.25) is 0 Å². The Bertz CT molecular complexity index is 696. The standard InChI is InChI=1S/C39H74N2O4S2/c1-5-7-9-11-13-21-27-33-44-38(42)31-25-19-15-17-23-29-37(47-46-36-40-35-41(3)4)30-24-18-16-20-26-32-39(43)45-34-28-22-14-12-10-8-6-2/h21-22,27-28,37,40H,5-20,23-26,29-36H2,1-4H3/b27-21-,28-22-. The molecule has 0 spiro atoms. The maximum atomic E-state index is 12.0. The Hall–Kier alpha value is -0.960. The first-order valence-corrected chi connectivity index (χ1v) is 21.6. The first-order chi connectivity index (χ1) is 23.0. The number of allylic oxidation sites excluding steroid dienone is 2. The van der Waals surface area contributed by atoms with E-state index in [-0.39, 0.29) is 11.9 Å². The smallest absolute Gasteiger partial charge is 0.306 e. The molecule has 0 aliphatic rings. The van der Waals surface area contributed by atoms with E-state index in [4.69, 9.17) is 9.47 Å². The second-order valence-corrected chi connectivity index (χ2v) is 15.8. The van der Waals surface area contributed by atoms with Crippen molar-refractivity contribution in [2.24, 2.45) is 0 Å². The molecular weight excluding hydrogens is 625 g/mol. The van der Waals surface area contributed by atoms with Gasteiger partial charge in [0.15, 0.2) is 0 Å². The molecule has 0 rings (SSSR count). The topological polar surface area (TPSA) is 67.9 Å². The average molecular weight is 699 g/mol. The Labute approximate surface area is 299 Å². The van der Waals surface area contributed by atoms with Gasteiger partial charge in [-0.15, -0.1) is 0 Å². The van der Waals surface area contributed by atoms with Crippen LogP contribution in [-0.2, 0) is 19.1 Å². The maximum absolute atomic E-state index is 12.0. The van der Waals surface area contributed by atoms with E-state index in [2.05, 4.69) is 61.1 Å². The van der Waals surface area contributed by atoms with Crippen molar-refractivity contribution in [3.8, 4) is 0 Å². The maximum Gasteiger partial charge on any atom is 0.306 e. The van der Waals surface area contributed by atoms with Crippen molar-refractivity contribution in [1.29, 1.82) is 0 Å². The molecule has 0 aliphatic carbocycles. The van der Waals surface area contributed by atoms with Gasteiger partial charge in [0.2, 0.25) is 0 Å². The lowest BCUT2D eigenvalue weighted by Crippen LogP contribution is -2.27. The van der Waals surface area contributed by atoms with Crippen molar-refractivity contribution in [2.45, 2.75) is 173 Å². The van der Waals surface area contributed by atoms with Gasteiger partial charge >= 0.3 is 11.9 Å². The summed E-state index contributed by atoms with van der Waals surface area (Å²) in [6, 6.07) is 0. The summed E-state index contributed by atoms with van der Waals surface area (Å²) in [5.41, 5.74) is 0. The number of nitrogens with zero attached hydrogens (tertiary/aromatic N) is 1. The fourth-order valence-electron chi connectivity index (χ4n) is 5.20. The van der Waals surface area contributed by atoms with Crippen LogP contribution < -0.4 is 5.32 Å². The van der Waals surface area contributed by atoms with Crippen molar-refractivity contribution in [3.63, 3.8) is 0 Å². The SMILES string of the molecule is CCCCCC/C=C\COC(=O)CCCCCCCC(CCCCCCCC(=O)OC/C=C\CCCCCC)SSCNCN(C)C. The Kier molecular flexibility index (Phi) is 37.1. The zero-order chi connectivity index (χ0) is 34.5. The molecule has 0 aliphatic heterocycles. The number of unbranched alkanes of at least 4 members (excludes halogenated alkanes) is 16. The molecule has 8 heteroatoms. The highest BCUT2D eigenvalue weighted by molar-refractivity contribution is 8.76. The zero-order valence-electron chi connectivity index (χ0n) is 31.1. The van der Waals surface area contributed by atoms with Gasteiger partial charge in [0, 0.05) is 24.8 Å². The molecule has 0 amide bonds. The van der Waals surface area contributed by atoms with Crippen LogP contribution in [0.3, 0.4) is 0 Å². The molecular formula is C39H74N2O4S2. The van der Waals surface area contributed by atoms with E-state index < -0.39 is 0 Å². The normalized spacial score (nSPS) is 11.9. The van der Waals surface area contributed by atoms with Crippen molar-refractivity contribution < 1.29 is 19.1 Å². The summed E-state index contributed by atoms with van der Waals surface area (Å²) in [7, 11) is 8.17. The van der Waals surface area contributed by atoms with Gasteiger partial charge in [-0.2, -0.15) is 0 Å². The number of carbonyl (C=O) groups excluding carboxylic acids is 2. The average Bonchev–Trinajstić information content (AvgIpc) is 3.05. The predicted molar refractivity (Wildman–Crippen MR) is 208 cm³/mol. The molecule has 0 atom stereocenters. The monoisotopic (exact) mass is 699 g/mol. The second kappa shape index (κ2) is 37.9. The van der Waals surface area contributed by atoms with Crippen LogP contribution in [0.15, 0.2) is 24.3 Å². The highest BCUT2D eigenvalue weighted by Gasteiger charge is 2.10. The minimum atomic E-state index is -0.0619. The molecule has 0 heterocycles. The molecule has 0 fully saturated rings. The van der Waals surface area contributed by atoms with Crippen LogP contribution in [0.25, 0.3) is 0 Å². The van der Waals surface area contributed by atoms with Gasteiger partial charge in [-0.25, -0.2) is 0 Å². The number of carbonyl (C=O) groups is 2. The van der Waals surface area contributed by atoms with Crippen LogP contribution >= 0.6 is 21.6 Å². The summed E-state index contributed by atoms with van der Waals surface area (Å²) in [4.78, 5) is 26.1. The highest BCUT2D eigenvalue weighted by atomic mass is 33.1. The summed E-state index contributed by atoms with van der Waals surface area (Å²) in [5.74, 6) is 0.844. The molecule has 276 valence electrons. The Balaban J connectivity index is 3.99. The molecule has 0 aromatic rings. The van der Waals surface area contributed by atoms with E-state index >= 15 is 0 Å². The highest BCUT2D eigenvalue weighted by Crippen LogP contribution is 2.33. The molecule has 0 saturated heterocycles. The zero-order valence-corrected chi connectivity index (χ0v) is 32.7. The van der Waals surface area contributed by atoms with Crippen LogP contribution in [-0.4, -0.2) is 61.9 Å². The Morgan fingerprint density at radius 2 is 1.06 bits per heavy atom. The van der Waals surface area contributed by atoms with Gasteiger partial charge in [-0.05, 0) is 65.5 Å². The number of ether oxygens (including phenoxy) is 2. The summed E-state index contributed by atoms with van der Waals surface area (Å²) in [6.07, 6.45) is 35.6. The van der Waals surface area contributed by atoms with Crippen LogP contribution in [0.4, 0.5) is 0 Å². The van der Waals surface area contributed by atoms with Crippen molar-refractivity contribution >= 4 is 33.5 Å². The van der Waals surface area contributed by atoms with E-state index in [1.165, 1.54) is 103 Å². The van der Waals surface area contributed by atoms with Crippen LogP contribution in [0, 0.1) is 0 Å². The molecule has 1 N–H and O–H groups in total. The Morgan fingerprint density at radius 1 is 0.617 bits per heavy atom. The lowest BCUT2D eigenvalue weighted by Gasteiger charge is -2.17. The predicted octanol–water partition coefficient (Wildman–Crippen LogP) is 11.4. The van der Waals surface area contributed by atoms with Crippen molar-refractivity contribution in [1.82, 2.24) is 10.2 Å². The van der Waals surface area contributed by atoms with E-state index in [9.17, 15) is 9.59 Å².